The normalized spacial score (nSPS) is 41.0. The summed E-state index contributed by atoms with van der Waals surface area (Å²) in [6.45, 7) is -0.730. The maximum atomic E-state index is 10.4. The van der Waals surface area contributed by atoms with Gasteiger partial charge in [0.05, 0.1) is 6.61 Å². The smallest absolute Gasteiger partial charge is 0.387 e. The van der Waals surface area contributed by atoms with Crippen LogP contribution < -0.4 is 0 Å². The van der Waals surface area contributed by atoms with E-state index in [9.17, 15) is 14.8 Å². The second-order valence-corrected chi connectivity index (χ2v) is 4.56. The first-order valence-corrected chi connectivity index (χ1v) is 5.83. The minimum absolute atomic E-state index is 0.730. The predicted octanol–water partition coefficient (Wildman–Crippen LogP) is -3.10. The van der Waals surface area contributed by atoms with E-state index in [0.29, 0.717) is 0 Å². The highest BCUT2D eigenvalue weighted by Crippen LogP contribution is 2.36. The average Bonchev–Trinajstić information content (AvgIpc) is 2.17. The van der Waals surface area contributed by atoms with Crippen LogP contribution in [0.15, 0.2) is 0 Å². The third kappa shape index (κ3) is 3.45. The summed E-state index contributed by atoms with van der Waals surface area (Å²) in [5.74, 6) is 0. The fraction of sp³-hybridized carbons (Fsp3) is 1.00. The molecule has 1 aliphatic heterocycles. The number of aliphatic hydroxyl groups is 4. The van der Waals surface area contributed by atoms with Crippen LogP contribution in [0.25, 0.3) is 0 Å². The van der Waals surface area contributed by atoms with E-state index in [0.717, 1.165) is 0 Å². The van der Waals surface area contributed by atoms with Gasteiger partial charge < -0.3 is 34.9 Å². The van der Waals surface area contributed by atoms with Crippen LogP contribution in [0.4, 0.5) is 0 Å². The standard InChI is InChI=1S/C6H13O9P/c7-3-2(1-14-16(11,12)13)15-6(10)5(9)4(3)8/h2-10H,1H2,(H2,11,12,13)/t2?,3-,4-,5?,6+/m0/s1. The monoisotopic (exact) mass is 260 g/mol. The molecule has 5 atom stereocenters. The van der Waals surface area contributed by atoms with E-state index >= 15 is 0 Å². The van der Waals surface area contributed by atoms with Crippen molar-refractivity contribution in [2.24, 2.45) is 0 Å². The summed E-state index contributed by atoms with van der Waals surface area (Å²) >= 11 is 0. The molecule has 16 heavy (non-hydrogen) atoms. The Morgan fingerprint density at radius 1 is 1.06 bits per heavy atom. The van der Waals surface area contributed by atoms with Gasteiger partial charge in [-0.1, -0.05) is 0 Å². The molecular weight excluding hydrogens is 247 g/mol. The topological polar surface area (TPSA) is 157 Å². The molecule has 0 radical (unpaired) electrons. The van der Waals surface area contributed by atoms with Gasteiger partial charge in [0, 0.05) is 0 Å². The van der Waals surface area contributed by atoms with Crippen molar-refractivity contribution in [2.75, 3.05) is 6.61 Å². The number of rotatable bonds is 3. The summed E-state index contributed by atoms with van der Waals surface area (Å²) in [4.78, 5) is 16.8. The number of aliphatic hydroxyl groups excluding tert-OH is 4. The van der Waals surface area contributed by atoms with E-state index in [4.69, 9.17) is 20.0 Å². The molecule has 96 valence electrons. The summed E-state index contributed by atoms with van der Waals surface area (Å²) in [5, 5.41) is 36.7. The number of phosphoric acid groups is 1. The van der Waals surface area contributed by atoms with Crippen LogP contribution in [-0.2, 0) is 13.8 Å². The molecule has 0 spiro atoms. The van der Waals surface area contributed by atoms with Crippen molar-refractivity contribution < 1.29 is 44.0 Å². The molecule has 0 aromatic carbocycles. The zero-order chi connectivity index (χ0) is 12.5. The minimum Gasteiger partial charge on any atom is -0.387 e. The third-order valence-corrected chi connectivity index (χ3v) is 2.58. The Kier molecular flexibility index (Phi) is 4.41. The van der Waals surface area contributed by atoms with Crippen LogP contribution in [0.2, 0.25) is 0 Å². The molecule has 6 N–H and O–H groups in total. The van der Waals surface area contributed by atoms with E-state index in [1.165, 1.54) is 0 Å². The van der Waals surface area contributed by atoms with Gasteiger partial charge in [-0.15, -0.1) is 0 Å². The summed E-state index contributed by atoms with van der Waals surface area (Å²) in [6.07, 6.45) is -8.11. The Morgan fingerprint density at radius 2 is 1.62 bits per heavy atom. The molecule has 9 nitrogen and oxygen atoms in total. The number of phosphoric ester groups is 1. The highest BCUT2D eigenvalue weighted by Gasteiger charge is 2.43. The zero-order valence-electron chi connectivity index (χ0n) is 7.95. The van der Waals surface area contributed by atoms with Gasteiger partial charge in [0.15, 0.2) is 6.29 Å². The van der Waals surface area contributed by atoms with Gasteiger partial charge >= 0.3 is 7.82 Å². The molecule has 10 heteroatoms. The van der Waals surface area contributed by atoms with E-state index < -0.39 is 45.1 Å². The van der Waals surface area contributed by atoms with Gasteiger partial charge in [-0.3, -0.25) is 4.52 Å². The summed E-state index contributed by atoms with van der Waals surface area (Å²) in [5.41, 5.74) is 0. The second kappa shape index (κ2) is 5.05. The van der Waals surface area contributed by atoms with E-state index in [1.807, 2.05) is 0 Å². The summed E-state index contributed by atoms with van der Waals surface area (Å²) in [6, 6.07) is 0. The lowest BCUT2D eigenvalue weighted by atomic mass is 10.00. The Bertz CT molecular complexity index is 277. The molecule has 1 heterocycles. The molecule has 1 rings (SSSR count). The number of hydrogen-bond acceptors (Lipinski definition) is 7. The van der Waals surface area contributed by atoms with Crippen molar-refractivity contribution in [3.05, 3.63) is 0 Å². The van der Waals surface area contributed by atoms with Crippen LogP contribution in [0.1, 0.15) is 0 Å². The van der Waals surface area contributed by atoms with Gasteiger partial charge in [0.2, 0.25) is 0 Å². The fourth-order valence-electron chi connectivity index (χ4n) is 1.24. The highest BCUT2D eigenvalue weighted by molar-refractivity contribution is 7.46. The third-order valence-electron chi connectivity index (χ3n) is 2.09. The SMILES string of the molecule is O=P(O)(O)OCC1O[C@@H](O)C(O)[C@@H](O)[C@H]1O. The van der Waals surface area contributed by atoms with Gasteiger partial charge in [-0.2, -0.15) is 0 Å². The Balaban J connectivity index is 2.57. The van der Waals surface area contributed by atoms with Crippen molar-refractivity contribution in [1.82, 2.24) is 0 Å². The van der Waals surface area contributed by atoms with Crippen molar-refractivity contribution in [3.63, 3.8) is 0 Å². The van der Waals surface area contributed by atoms with Crippen molar-refractivity contribution in [3.8, 4) is 0 Å². The van der Waals surface area contributed by atoms with Crippen LogP contribution in [0, 0.1) is 0 Å². The molecule has 1 aliphatic rings. The first-order valence-electron chi connectivity index (χ1n) is 4.30. The first-order chi connectivity index (χ1) is 7.22. The van der Waals surface area contributed by atoms with Gasteiger partial charge in [0.25, 0.3) is 0 Å². The van der Waals surface area contributed by atoms with Gasteiger partial charge in [-0.25, -0.2) is 4.57 Å². The summed E-state index contributed by atoms with van der Waals surface area (Å²) in [7, 11) is -4.73. The van der Waals surface area contributed by atoms with Crippen LogP contribution in [-0.4, -0.2) is 67.5 Å². The number of ether oxygens (including phenoxy) is 1. The highest BCUT2D eigenvalue weighted by atomic mass is 31.2. The predicted molar refractivity (Wildman–Crippen MR) is 46.9 cm³/mol. The Hall–Kier alpha value is -0.0900. The van der Waals surface area contributed by atoms with E-state index in [-0.39, 0.29) is 0 Å². The lowest BCUT2D eigenvalue weighted by Gasteiger charge is -2.38. The summed E-state index contributed by atoms with van der Waals surface area (Å²) < 4.78 is 19.0. The molecule has 0 bridgehead atoms. The first kappa shape index (κ1) is 14.0. The van der Waals surface area contributed by atoms with Gasteiger partial charge in [-0.05, 0) is 0 Å². The molecule has 0 aromatic rings. The molecule has 0 aromatic heterocycles. The molecule has 1 saturated heterocycles. The molecule has 0 aliphatic carbocycles. The molecule has 1 fully saturated rings. The maximum Gasteiger partial charge on any atom is 0.469 e. The van der Waals surface area contributed by atoms with Crippen LogP contribution >= 0.6 is 7.82 Å². The zero-order valence-corrected chi connectivity index (χ0v) is 8.84. The van der Waals surface area contributed by atoms with E-state index in [1.54, 1.807) is 0 Å². The Labute approximate surface area is 90.1 Å². The molecule has 2 unspecified atom stereocenters. The largest absolute Gasteiger partial charge is 0.469 e. The molecule has 0 amide bonds. The lowest BCUT2D eigenvalue weighted by molar-refractivity contribution is -0.285. The number of hydrogen-bond donors (Lipinski definition) is 6. The van der Waals surface area contributed by atoms with Crippen molar-refractivity contribution in [1.29, 1.82) is 0 Å². The Morgan fingerprint density at radius 3 is 2.12 bits per heavy atom. The van der Waals surface area contributed by atoms with Crippen LogP contribution in [0.3, 0.4) is 0 Å². The lowest BCUT2D eigenvalue weighted by Crippen LogP contribution is -2.58. The second-order valence-electron chi connectivity index (χ2n) is 3.32. The van der Waals surface area contributed by atoms with Crippen molar-refractivity contribution >= 4 is 7.82 Å². The van der Waals surface area contributed by atoms with Gasteiger partial charge in [0.1, 0.15) is 24.4 Å². The van der Waals surface area contributed by atoms with Crippen molar-refractivity contribution in [2.45, 2.75) is 30.7 Å². The maximum absolute atomic E-state index is 10.4. The fourth-order valence-corrected chi connectivity index (χ4v) is 1.58. The van der Waals surface area contributed by atoms with E-state index in [2.05, 4.69) is 9.26 Å². The minimum atomic E-state index is -4.73. The average molecular weight is 260 g/mol. The molecular formula is C6H13O9P. The molecule has 0 saturated carbocycles. The quantitative estimate of drug-likeness (QED) is 0.289. The van der Waals surface area contributed by atoms with Crippen LogP contribution in [0.5, 0.6) is 0 Å².